The molecule has 2 atom stereocenters. The van der Waals surface area contributed by atoms with Crippen molar-refractivity contribution in [2.45, 2.75) is 38.8 Å². The average molecular weight is 426 g/mol. The Morgan fingerprint density at radius 3 is 2.63 bits per heavy atom. The lowest BCUT2D eigenvalue weighted by molar-refractivity contribution is -0.142. The summed E-state index contributed by atoms with van der Waals surface area (Å²) in [6.45, 7) is 5.76. The highest BCUT2D eigenvalue weighted by Gasteiger charge is 2.37. The number of benzene rings is 2. The molecule has 1 fully saturated rings. The van der Waals surface area contributed by atoms with Gasteiger partial charge in [-0.3, -0.25) is 9.69 Å². The zero-order valence-corrected chi connectivity index (χ0v) is 18.2. The van der Waals surface area contributed by atoms with Crippen molar-refractivity contribution >= 4 is 27.4 Å². The van der Waals surface area contributed by atoms with Crippen LogP contribution in [0.25, 0.3) is 10.1 Å². The van der Waals surface area contributed by atoms with Crippen LogP contribution in [0.5, 0.6) is 11.5 Å². The Morgan fingerprint density at radius 1 is 1.13 bits per heavy atom. The van der Waals surface area contributed by atoms with Gasteiger partial charge in [0.2, 0.25) is 0 Å². The summed E-state index contributed by atoms with van der Waals surface area (Å²) >= 11 is 1.73. The number of hydrogen-bond donors (Lipinski definition) is 1. The summed E-state index contributed by atoms with van der Waals surface area (Å²) in [5, 5.41) is 11.0. The Balaban J connectivity index is 1.83. The fourth-order valence-electron chi connectivity index (χ4n) is 4.26. The maximum atomic E-state index is 12.0. The molecule has 158 valence electrons. The average Bonchev–Trinajstić information content (AvgIpc) is 3.38. The van der Waals surface area contributed by atoms with Crippen LogP contribution >= 0.6 is 11.3 Å². The number of rotatable bonds is 8. The van der Waals surface area contributed by atoms with E-state index in [0.717, 1.165) is 29.2 Å². The van der Waals surface area contributed by atoms with Gasteiger partial charge in [-0.05, 0) is 61.9 Å². The minimum absolute atomic E-state index is 0.138. The summed E-state index contributed by atoms with van der Waals surface area (Å²) < 4.78 is 12.8. The van der Waals surface area contributed by atoms with E-state index < -0.39 is 12.0 Å². The van der Waals surface area contributed by atoms with Crippen molar-refractivity contribution in [3.8, 4) is 11.5 Å². The number of ether oxygens (including phenoxy) is 2. The van der Waals surface area contributed by atoms with E-state index in [1.807, 2.05) is 44.2 Å². The van der Waals surface area contributed by atoms with Gasteiger partial charge in [0.05, 0.1) is 19.3 Å². The van der Waals surface area contributed by atoms with Gasteiger partial charge in [0.15, 0.2) is 11.5 Å². The lowest BCUT2D eigenvalue weighted by Gasteiger charge is -2.31. The number of aliphatic carboxylic acids is 1. The third-order valence-electron chi connectivity index (χ3n) is 5.51. The molecule has 0 spiro atoms. The van der Waals surface area contributed by atoms with Gasteiger partial charge in [-0.1, -0.05) is 24.3 Å². The van der Waals surface area contributed by atoms with Crippen molar-refractivity contribution in [2.24, 2.45) is 0 Å². The van der Waals surface area contributed by atoms with Crippen LogP contribution in [0.2, 0.25) is 0 Å². The molecule has 5 nitrogen and oxygen atoms in total. The molecule has 3 aromatic rings. The first-order chi connectivity index (χ1) is 14.6. The minimum Gasteiger partial charge on any atom is -0.490 e. The summed E-state index contributed by atoms with van der Waals surface area (Å²) in [4.78, 5) is 15.2. The first kappa shape index (κ1) is 20.7. The largest absolute Gasteiger partial charge is 0.490 e. The molecule has 4 rings (SSSR count). The van der Waals surface area contributed by atoms with Gasteiger partial charge >= 0.3 is 5.97 Å². The molecule has 2 unspecified atom stereocenters. The molecular weight excluding hydrogens is 398 g/mol. The Labute approximate surface area is 180 Å². The SMILES string of the molecule is CCOc1ccc(C(c2cc3ccccc3s2)N2CCCC2C(=O)O)cc1OCC. The number of fused-ring (bicyclic) bond motifs is 1. The lowest BCUT2D eigenvalue weighted by atomic mass is 10.0. The van der Waals surface area contributed by atoms with Crippen LogP contribution in [0.1, 0.15) is 43.2 Å². The normalized spacial score (nSPS) is 17.9. The molecule has 1 aliphatic heterocycles. The Kier molecular flexibility index (Phi) is 6.25. The van der Waals surface area contributed by atoms with E-state index in [2.05, 4.69) is 23.1 Å². The second-order valence-corrected chi connectivity index (χ2v) is 8.51. The van der Waals surface area contributed by atoms with Crippen molar-refractivity contribution in [1.82, 2.24) is 4.90 Å². The van der Waals surface area contributed by atoms with Gasteiger partial charge in [-0.2, -0.15) is 0 Å². The number of hydrogen-bond acceptors (Lipinski definition) is 5. The summed E-state index contributed by atoms with van der Waals surface area (Å²) in [5.74, 6) is 0.665. The van der Waals surface area contributed by atoms with Crippen LogP contribution in [0.3, 0.4) is 0 Å². The van der Waals surface area contributed by atoms with Crippen molar-refractivity contribution in [3.63, 3.8) is 0 Å². The number of nitrogens with zero attached hydrogens (tertiary/aromatic N) is 1. The zero-order chi connectivity index (χ0) is 21.1. The van der Waals surface area contributed by atoms with Crippen LogP contribution < -0.4 is 9.47 Å². The van der Waals surface area contributed by atoms with Gasteiger partial charge in [0, 0.05) is 16.1 Å². The third-order valence-corrected chi connectivity index (χ3v) is 6.68. The summed E-state index contributed by atoms with van der Waals surface area (Å²) in [5.41, 5.74) is 1.03. The van der Waals surface area contributed by atoms with E-state index in [-0.39, 0.29) is 6.04 Å². The van der Waals surface area contributed by atoms with E-state index >= 15 is 0 Å². The zero-order valence-electron chi connectivity index (χ0n) is 17.3. The molecular formula is C24H27NO4S. The van der Waals surface area contributed by atoms with Crippen molar-refractivity contribution in [2.75, 3.05) is 19.8 Å². The fraction of sp³-hybridized carbons (Fsp3) is 0.375. The topological polar surface area (TPSA) is 59.0 Å². The molecule has 1 aromatic heterocycles. The summed E-state index contributed by atoms with van der Waals surface area (Å²) in [6.07, 6.45) is 1.56. The lowest BCUT2D eigenvalue weighted by Crippen LogP contribution is -2.39. The molecule has 6 heteroatoms. The number of likely N-dealkylation sites (tertiary alicyclic amines) is 1. The maximum absolute atomic E-state index is 12.0. The van der Waals surface area contributed by atoms with Crippen LogP contribution in [0.15, 0.2) is 48.5 Å². The quantitative estimate of drug-likeness (QED) is 0.528. The second kappa shape index (κ2) is 9.06. The fourth-order valence-corrected chi connectivity index (χ4v) is 5.47. The summed E-state index contributed by atoms with van der Waals surface area (Å²) in [6, 6.07) is 15.9. The van der Waals surface area contributed by atoms with E-state index in [0.29, 0.717) is 25.4 Å². The Hall–Kier alpha value is -2.57. The predicted octanol–water partition coefficient (Wildman–Crippen LogP) is 5.34. The number of carboxylic acid groups (broad SMARTS) is 1. The molecule has 1 aliphatic rings. The number of thiophene rings is 1. The predicted molar refractivity (Wildman–Crippen MR) is 120 cm³/mol. The number of carboxylic acids is 1. The molecule has 30 heavy (non-hydrogen) atoms. The monoisotopic (exact) mass is 425 g/mol. The van der Waals surface area contributed by atoms with Gasteiger partial charge < -0.3 is 14.6 Å². The molecule has 1 saturated heterocycles. The van der Waals surface area contributed by atoms with Gasteiger partial charge in [-0.25, -0.2) is 0 Å². The van der Waals surface area contributed by atoms with Gasteiger partial charge in [-0.15, -0.1) is 11.3 Å². The highest BCUT2D eigenvalue weighted by Crippen LogP contribution is 2.42. The third kappa shape index (κ3) is 4.02. The van der Waals surface area contributed by atoms with Crippen LogP contribution in [0.4, 0.5) is 0 Å². The molecule has 2 aromatic carbocycles. The second-order valence-electron chi connectivity index (χ2n) is 7.40. The molecule has 2 heterocycles. The van der Waals surface area contributed by atoms with Crippen molar-refractivity contribution in [1.29, 1.82) is 0 Å². The van der Waals surface area contributed by atoms with Crippen LogP contribution in [-0.4, -0.2) is 41.8 Å². The first-order valence-corrected chi connectivity index (χ1v) is 11.3. The number of carbonyl (C=O) groups is 1. The minimum atomic E-state index is -0.755. The molecule has 0 saturated carbocycles. The molecule has 0 radical (unpaired) electrons. The van der Waals surface area contributed by atoms with E-state index in [1.54, 1.807) is 11.3 Å². The van der Waals surface area contributed by atoms with E-state index in [1.165, 1.54) is 10.1 Å². The summed E-state index contributed by atoms with van der Waals surface area (Å²) in [7, 11) is 0. The molecule has 0 amide bonds. The van der Waals surface area contributed by atoms with E-state index in [9.17, 15) is 9.90 Å². The molecule has 1 N–H and O–H groups in total. The van der Waals surface area contributed by atoms with Gasteiger partial charge in [0.25, 0.3) is 0 Å². The van der Waals surface area contributed by atoms with E-state index in [4.69, 9.17) is 9.47 Å². The molecule has 0 aliphatic carbocycles. The Morgan fingerprint density at radius 2 is 1.90 bits per heavy atom. The Bertz CT molecular complexity index is 998. The van der Waals surface area contributed by atoms with Crippen molar-refractivity contribution < 1.29 is 19.4 Å². The standard InChI is InChI=1S/C24H27NO4S/c1-3-28-19-12-11-17(14-20(19)29-4-2)23(25-13-7-9-18(25)24(26)27)22-15-16-8-5-6-10-21(16)30-22/h5-6,8,10-12,14-15,18,23H,3-4,7,9,13H2,1-2H3,(H,26,27). The van der Waals surface area contributed by atoms with Crippen molar-refractivity contribution in [3.05, 3.63) is 59.0 Å². The van der Waals surface area contributed by atoms with Crippen LogP contribution in [0, 0.1) is 0 Å². The van der Waals surface area contributed by atoms with Crippen LogP contribution in [-0.2, 0) is 4.79 Å². The smallest absolute Gasteiger partial charge is 0.320 e. The maximum Gasteiger partial charge on any atom is 0.320 e. The highest BCUT2D eigenvalue weighted by atomic mass is 32.1. The first-order valence-electron chi connectivity index (χ1n) is 10.5. The highest BCUT2D eigenvalue weighted by molar-refractivity contribution is 7.19. The molecule has 0 bridgehead atoms. The van der Waals surface area contributed by atoms with Gasteiger partial charge in [0.1, 0.15) is 6.04 Å².